The SMILES string of the molecule is CN=C(NCC1(c2cccc(Br)c2)CC1)N1CCN(C(=O)C2CCCO2)CC1.I. The smallest absolute Gasteiger partial charge is 0.251 e. The first kappa shape index (κ1) is 22.8. The van der Waals surface area contributed by atoms with Crippen molar-refractivity contribution in [2.75, 3.05) is 46.4 Å². The van der Waals surface area contributed by atoms with Crippen molar-refractivity contribution in [1.82, 2.24) is 15.1 Å². The summed E-state index contributed by atoms with van der Waals surface area (Å²) in [6.45, 7) is 4.69. The highest BCUT2D eigenvalue weighted by Gasteiger charge is 2.44. The van der Waals surface area contributed by atoms with E-state index in [0.717, 1.165) is 56.0 Å². The van der Waals surface area contributed by atoms with Crippen LogP contribution < -0.4 is 5.32 Å². The third-order valence-electron chi connectivity index (χ3n) is 6.18. The first-order valence-electron chi connectivity index (χ1n) is 10.2. The number of piperazine rings is 1. The van der Waals surface area contributed by atoms with Crippen LogP contribution in [0.3, 0.4) is 0 Å². The lowest BCUT2D eigenvalue weighted by Gasteiger charge is -2.37. The van der Waals surface area contributed by atoms with Crippen molar-refractivity contribution in [2.24, 2.45) is 4.99 Å². The Morgan fingerprint density at radius 2 is 2.00 bits per heavy atom. The molecule has 3 fully saturated rings. The second-order valence-electron chi connectivity index (χ2n) is 8.01. The first-order valence-corrected chi connectivity index (χ1v) is 11.0. The fraction of sp³-hybridized carbons (Fsp3) is 0.619. The molecule has 0 radical (unpaired) electrons. The van der Waals surface area contributed by atoms with Gasteiger partial charge in [-0.2, -0.15) is 0 Å². The molecule has 2 aliphatic heterocycles. The number of hydrogen-bond acceptors (Lipinski definition) is 3. The fourth-order valence-corrected chi connectivity index (χ4v) is 4.63. The summed E-state index contributed by atoms with van der Waals surface area (Å²) in [4.78, 5) is 21.2. The molecule has 0 bridgehead atoms. The summed E-state index contributed by atoms with van der Waals surface area (Å²) in [5.74, 6) is 1.09. The van der Waals surface area contributed by atoms with Gasteiger partial charge in [-0.05, 0) is 43.4 Å². The summed E-state index contributed by atoms with van der Waals surface area (Å²) in [7, 11) is 1.84. The van der Waals surface area contributed by atoms with E-state index in [4.69, 9.17) is 4.74 Å². The molecule has 0 aromatic heterocycles. The Balaban J connectivity index is 0.00000240. The number of carbonyl (C=O) groups excluding carboxylic acids is 1. The summed E-state index contributed by atoms with van der Waals surface area (Å²) < 4.78 is 6.68. The predicted molar refractivity (Wildman–Crippen MR) is 129 cm³/mol. The molecule has 1 saturated carbocycles. The molecule has 2 saturated heterocycles. The summed E-state index contributed by atoms with van der Waals surface area (Å²) in [5, 5.41) is 3.59. The Morgan fingerprint density at radius 3 is 2.59 bits per heavy atom. The van der Waals surface area contributed by atoms with Gasteiger partial charge in [0.1, 0.15) is 6.10 Å². The maximum atomic E-state index is 12.5. The van der Waals surface area contributed by atoms with Crippen LogP contribution in [0.1, 0.15) is 31.2 Å². The van der Waals surface area contributed by atoms with Gasteiger partial charge in [-0.15, -0.1) is 24.0 Å². The van der Waals surface area contributed by atoms with E-state index in [-0.39, 0.29) is 41.4 Å². The maximum absolute atomic E-state index is 12.5. The quantitative estimate of drug-likeness (QED) is 0.340. The van der Waals surface area contributed by atoms with Gasteiger partial charge in [-0.3, -0.25) is 9.79 Å². The zero-order chi connectivity index (χ0) is 19.6. The van der Waals surface area contributed by atoms with Crippen molar-refractivity contribution >= 4 is 51.8 Å². The second-order valence-corrected chi connectivity index (χ2v) is 8.92. The van der Waals surface area contributed by atoms with Crippen LogP contribution in [0, 0.1) is 0 Å². The van der Waals surface area contributed by atoms with Crippen molar-refractivity contribution < 1.29 is 9.53 Å². The fourth-order valence-electron chi connectivity index (χ4n) is 4.23. The highest BCUT2D eigenvalue weighted by Crippen LogP contribution is 2.48. The van der Waals surface area contributed by atoms with Crippen LogP contribution in [-0.4, -0.2) is 74.1 Å². The number of nitrogens with zero attached hydrogens (tertiary/aromatic N) is 3. The van der Waals surface area contributed by atoms with Crippen LogP contribution >= 0.6 is 39.9 Å². The van der Waals surface area contributed by atoms with Crippen LogP contribution in [-0.2, 0) is 14.9 Å². The van der Waals surface area contributed by atoms with E-state index >= 15 is 0 Å². The van der Waals surface area contributed by atoms with Gasteiger partial charge in [-0.1, -0.05) is 28.1 Å². The molecule has 160 valence electrons. The summed E-state index contributed by atoms with van der Waals surface area (Å²) in [6, 6.07) is 8.63. The van der Waals surface area contributed by atoms with Crippen LogP contribution in [0.25, 0.3) is 0 Å². The topological polar surface area (TPSA) is 57.2 Å². The Kier molecular flexibility index (Phi) is 7.83. The largest absolute Gasteiger partial charge is 0.368 e. The van der Waals surface area contributed by atoms with Crippen LogP contribution in [0.15, 0.2) is 33.7 Å². The highest BCUT2D eigenvalue weighted by molar-refractivity contribution is 14.0. The third-order valence-corrected chi connectivity index (χ3v) is 6.68. The van der Waals surface area contributed by atoms with Gasteiger partial charge in [0, 0.05) is 56.3 Å². The van der Waals surface area contributed by atoms with Gasteiger partial charge in [-0.25, -0.2) is 0 Å². The Labute approximate surface area is 198 Å². The van der Waals surface area contributed by atoms with Crippen molar-refractivity contribution in [3.05, 3.63) is 34.3 Å². The van der Waals surface area contributed by atoms with Crippen LogP contribution in [0.4, 0.5) is 0 Å². The molecule has 1 atom stereocenters. The minimum absolute atomic E-state index is 0. The molecular weight excluding hydrogens is 547 g/mol. The predicted octanol–water partition coefficient (Wildman–Crippen LogP) is 3.00. The number of amides is 1. The monoisotopic (exact) mass is 576 g/mol. The van der Waals surface area contributed by atoms with Crippen molar-refractivity contribution in [3.63, 3.8) is 0 Å². The van der Waals surface area contributed by atoms with E-state index in [1.807, 2.05) is 11.9 Å². The molecule has 1 unspecified atom stereocenters. The summed E-state index contributed by atoms with van der Waals surface area (Å²) in [6.07, 6.45) is 4.05. The lowest BCUT2D eigenvalue weighted by atomic mass is 9.96. The Hall–Kier alpha value is -0.870. The van der Waals surface area contributed by atoms with E-state index in [0.29, 0.717) is 6.61 Å². The average Bonchev–Trinajstić information content (AvgIpc) is 3.31. The highest BCUT2D eigenvalue weighted by atomic mass is 127. The van der Waals surface area contributed by atoms with E-state index in [2.05, 4.69) is 55.4 Å². The van der Waals surface area contributed by atoms with E-state index in [1.165, 1.54) is 18.4 Å². The molecule has 1 aromatic rings. The van der Waals surface area contributed by atoms with Gasteiger partial charge in [0.2, 0.25) is 0 Å². The summed E-state index contributed by atoms with van der Waals surface area (Å²) in [5.41, 5.74) is 1.61. The lowest BCUT2D eigenvalue weighted by Crippen LogP contribution is -2.55. The minimum Gasteiger partial charge on any atom is -0.368 e. The zero-order valence-electron chi connectivity index (χ0n) is 16.9. The van der Waals surface area contributed by atoms with E-state index < -0.39 is 0 Å². The number of ether oxygens (including phenoxy) is 1. The molecule has 1 N–H and O–H groups in total. The number of carbonyl (C=O) groups is 1. The minimum atomic E-state index is -0.219. The Bertz CT molecular complexity index is 742. The molecule has 8 heteroatoms. The molecule has 29 heavy (non-hydrogen) atoms. The number of benzene rings is 1. The molecule has 1 aliphatic carbocycles. The molecule has 1 amide bonds. The van der Waals surface area contributed by atoms with Gasteiger partial charge >= 0.3 is 0 Å². The number of guanidine groups is 1. The lowest BCUT2D eigenvalue weighted by molar-refractivity contribution is -0.142. The first-order chi connectivity index (χ1) is 13.6. The molecule has 6 nitrogen and oxygen atoms in total. The van der Waals surface area contributed by atoms with Gasteiger partial charge < -0.3 is 19.9 Å². The maximum Gasteiger partial charge on any atom is 0.251 e. The molecule has 2 heterocycles. The molecule has 3 aliphatic rings. The molecule has 4 rings (SSSR count). The van der Waals surface area contributed by atoms with Gasteiger partial charge in [0.25, 0.3) is 5.91 Å². The second kappa shape index (κ2) is 9.96. The number of hydrogen-bond donors (Lipinski definition) is 1. The average molecular weight is 577 g/mol. The number of halogens is 2. The standard InChI is InChI=1S/C21H29BrN4O2.HI/c1-23-20(24-15-21(7-8-21)16-4-2-5-17(22)14-16)26-11-9-25(10-12-26)19(27)18-6-3-13-28-18;/h2,4-5,14,18H,3,6-13,15H2,1H3,(H,23,24);1H. The number of aliphatic imine (C=N–C) groups is 1. The van der Waals surface area contributed by atoms with Crippen molar-refractivity contribution in [1.29, 1.82) is 0 Å². The number of nitrogens with one attached hydrogen (secondary N) is 1. The van der Waals surface area contributed by atoms with Crippen LogP contribution in [0.5, 0.6) is 0 Å². The molecular formula is C21H30BrIN4O2. The molecule has 1 aromatic carbocycles. The van der Waals surface area contributed by atoms with Crippen molar-refractivity contribution in [3.8, 4) is 0 Å². The third kappa shape index (κ3) is 5.25. The molecule has 0 spiro atoms. The van der Waals surface area contributed by atoms with Crippen molar-refractivity contribution in [2.45, 2.75) is 37.2 Å². The normalized spacial score (nSPS) is 23.5. The van der Waals surface area contributed by atoms with Gasteiger partial charge in [0.15, 0.2) is 5.96 Å². The van der Waals surface area contributed by atoms with Gasteiger partial charge in [0.05, 0.1) is 0 Å². The Morgan fingerprint density at radius 1 is 1.28 bits per heavy atom. The van der Waals surface area contributed by atoms with E-state index in [9.17, 15) is 4.79 Å². The van der Waals surface area contributed by atoms with E-state index in [1.54, 1.807) is 0 Å². The van der Waals surface area contributed by atoms with Crippen LogP contribution in [0.2, 0.25) is 0 Å². The summed E-state index contributed by atoms with van der Waals surface area (Å²) >= 11 is 3.59. The number of rotatable bonds is 4. The zero-order valence-corrected chi connectivity index (χ0v) is 20.8.